The third kappa shape index (κ3) is 7.24. The number of carbonyl (C=O) groups excluding carboxylic acids is 1. The molecule has 3 rings (SSSR count). The van der Waals surface area contributed by atoms with Crippen molar-refractivity contribution in [3.63, 3.8) is 0 Å². The highest BCUT2D eigenvalue weighted by atomic mass is 35.5. The van der Waals surface area contributed by atoms with Gasteiger partial charge in [-0.25, -0.2) is 4.98 Å². The Bertz CT molecular complexity index is 973. The normalized spacial score (nSPS) is 12.4. The summed E-state index contributed by atoms with van der Waals surface area (Å²) in [5.41, 5.74) is 2.92. The predicted octanol–water partition coefficient (Wildman–Crippen LogP) is 5.47. The Kier molecular flexibility index (Phi) is 9.32. The Balaban J connectivity index is 1.76. The molecule has 6 nitrogen and oxygen atoms in total. The highest BCUT2D eigenvalue weighted by Crippen LogP contribution is 2.22. The van der Waals surface area contributed by atoms with Crippen molar-refractivity contribution in [1.29, 1.82) is 0 Å². The number of ether oxygens (including phenoxy) is 1. The topological polar surface area (TPSA) is 65.7 Å². The average Bonchev–Trinajstić information content (AvgIpc) is 3.34. The molecule has 0 aliphatic carbocycles. The van der Waals surface area contributed by atoms with E-state index in [0.29, 0.717) is 37.5 Å². The first-order chi connectivity index (χ1) is 15.7. The zero-order valence-electron chi connectivity index (χ0n) is 18.2. The van der Waals surface area contributed by atoms with Crippen LogP contribution in [-0.4, -0.2) is 34.4 Å². The number of imidazole rings is 1. The molecular formula is C25H28ClN3O3. The molecule has 0 spiro atoms. The van der Waals surface area contributed by atoms with Gasteiger partial charge in [-0.2, -0.15) is 0 Å². The number of halogens is 1. The average molecular weight is 454 g/mol. The minimum atomic E-state index is -0.177. The van der Waals surface area contributed by atoms with Gasteiger partial charge >= 0.3 is 5.97 Å². The molecule has 0 saturated carbocycles. The molecular weight excluding hydrogens is 426 g/mol. The maximum atomic E-state index is 11.5. The van der Waals surface area contributed by atoms with Gasteiger partial charge in [-0.1, -0.05) is 59.2 Å². The number of oxime groups is 1. The zero-order valence-corrected chi connectivity index (χ0v) is 18.9. The molecule has 7 heteroatoms. The molecule has 0 aliphatic heterocycles. The minimum absolute atomic E-state index is 0.111. The number of hydrogen-bond acceptors (Lipinski definition) is 5. The van der Waals surface area contributed by atoms with Crippen LogP contribution in [-0.2, 0) is 20.8 Å². The molecule has 0 N–H and O–H groups in total. The van der Waals surface area contributed by atoms with Crippen LogP contribution < -0.4 is 0 Å². The van der Waals surface area contributed by atoms with Gasteiger partial charge < -0.3 is 14.1 Å². The van der Waals surface area contributed by atoms with E-state index in [9.17, 15) is 4.79 Å². The monoisotopic (exact) mass is 453 g/mol. The van der Waals surface area contributed by atoms with Crippen LogP contribution in [0.3, 0.4) is 0 Å². The molecule has 0 amide bonds. The largest absolute Gasteiger partial charge is 0.466 e. The molecule has 0 saturated heterocycles. The summed E-state index contributed by atoms with van der Waals surface area (Å²) in [5, 5.41) is 5.25. The van der Waals surface area contributed by atoms with Gasteiger partial charge in [-0.3, -0.25) is 4.79 Å². The third-order valence-electron chi connectivity index (χ3n) is 4.95. The van der Waals surface area contributed by atoms with Crippen molar-refractivity contribution in [2.24, 2.45) is 5.16 Å². The lowest BCUT2D eigenvalue weighted by Gasteiger charge is -2.21. The molecule has 1 aromatic heterocycles. The number of rotatable bonds is 12. The SMILES string of the molecule is CCOC(=O)CCCCO/N=C(\c1ccccc1)C(Cc1ccc(Cl)cc1)n1ccnc1. The molecule has 32 heavy (non-hydrogen) atoms. The first-order valence-electron chi connectivity index (χ1n) is 10.8. The summed E-state index contributed by atoms with van der Waals surface area (Å²) in [6.45, 7) is 2.64. The van der Waals surface area contributed by atoms with E-state index in [2.05, 4.69) is 10.1 Å². The number of unbranched alkanes of at least 4 members (excludes halogenated alkanes) is 1. The highest BCUT2D eigenvalue weighted by molar-refractivity contribution is 6.30. The van der Waals surface area contributed by atoms with Crippen LogP contribution in [0.2, 0.25) is 5.02 Å². The summed E-state index contributed by atoms with van der Waals surface area (Å²) < 4.78 is 6.99. The third-order valence-corrected chi connectivity index (χ3v) is 5.20. The Labute approximate surface area is 193 Å². The molecule has 1 atom stereocenters. The molecule has 1 heterocycles. The van der Waals surface area contributed by atoms with Crippen LogP contribution in [0.15, 0.2) is 78.5 Å². The number of benzene rings is 2. The van der Waals surface area contributed by atoms with Crippen molar-refractivity contribution in [3.8, 4) is 0 Å². The Hall–Kier alpha value is -3.12. The van der Waals surface area contributed by atoms with E-state index in [0.717, 1.165) is 23.3 Å². The second-order valence-corrected chi connectivity index (χ2v) is 7.73. The van der Waals surface area contributed by atoms with Gasteiger partial charge in [0.25, 0.3) is 0 Å². The van der Waals surface area contributed by atoms with Gasteiger partial charge in [-0.05, 0) is 43.9 Å². The summed E-state index contributed by atoms with van der Waals surface area (Å²) in [5.74, 6) is -0.177. The predicted molar refractivity (Wildman–Crippen MR) is 126 cm³/mol. The number of hydrogen-bond donors (Lipinski definition) is 0. The van der Waals surface area contributed by atoms with Crippen molar-refractivity contribution in [2.75, 3.05) is 13.2 Å². The Morgan fingerprint density at radius 1 is 1.12 bits per heavy atom. The summed E-state index contributed by atoms with van der Waals surface area (Å²) in [4.78, 5) is 21.4. The van der Waals surface area contributed by atoms with Crippen LogP contribution in [0.25, 0.3) is 0 Å². The maximum absolute atomic E-state index is 11.5. The first-order valence-corrected chi connectivity index (χ1v) is 11.2. The van der Waals surface area contributed by atoms with Crippen molar-refractivity contribution in [2.45, 2.75) is 38.6 Å². The summed E-state index contributed by atoms with van der Waals surface area (Å²) in [7, 11) is 0. The second-order valence-electron chi connectivity index (χ2n) is 7.29. The fourth-order valence-electron chi connectivity index (χ4n) is 3.34. The van der Waals surface area contributed by atoms with Crippen molar-refractivity contribution >= 4 is 23.3 Å². The quantitative estimate of drug-likeness (QED) is 0.158. The van der Waals surface area contributed by atoms with E-state index in [-0.39, 0.29) is 12.0 Å². The van der Waals surface area contributed by atoms with E-state index in [1.807, 2.05) is 72.3 Å². The highest BCUT2D eigenvalue weighted by Gasteiger charge is 2.21. The second kappa shape index (κ2) is 12.7. The molecule has 168 valence electrons. The van der Waals surface area contributed by atoms with Crippen LogP contribution in [0.5, 0.6) is 0 Å². The first kappa shape index (κ1) is 23.5. The van der Waals surface area contributed by atoms with Crippen molar-refractivity contribution in [1.82, 2.24) is 9.55 Å². The molecule has 0 radical (unpaired) electrons. The van der Waals surface area contributed by atoms with Gasteiger partial charge in [0, 0.05) is 29.4 Å². The molecule has 2 aromatic carbocycles. The van der Waals surface area contributed by atoms with E-state index in [4.69, 9.17) is 21.2 Å². The molecule has 0 bridgehead atoms. The van der Waals surface area contributed by atoms with Gasteiger partial charge in [0.15, 0.2) is 0 Å². The maximum Gasteiger partial charge on any atom is 0.305 e. The summed E-state index contributed by atoms with van der Waals surface area (Å²) in [6.07, 6.45) is 7.99. The smallest absolute Gasteiger partial charge is 0.305 e. The summed E-state index contributed by atoms with van der Waals surface area (Å²) in [6, 6.07) is 17.7. The van der Waals surface area contributed by atoms with Gasteiger partial charge in [0.2, 0.25) is 0 Å². The molecule has 1 unspecified atom stereocenters. The fraction of sp³-hybridized carbons (Fsp3) is 0.320. The van der Waals surface area contributed by atoms with E-state index in [1.165, 1.54) is 0 Å². The van der Waals surface area contributed by atoms with E-state index in [1.54, 1.807) is 12.5 Å². The lowest BCUT2D eigenvalue weighted by Crippen LogP contribution is -2.22. The van der Waals surface area contributed by atoms with Crippen LogP contribution in [0, 0.1) is 0 Å². The number of carbonyl (C=O) groups is 1. The fourth-order valence-corrected chi connectivity index (χ4v) is 3.47. The number of nitrogens with zero attached hydrogens (tertiary/aromatic N) is 3. The van der Waals surface area contributed by atoms with Gasteiger partial charge in [-0.15, -0.1) is 0 Å². The van der Waals surface area contributed by atoms with Gasteiger partial charge in [0.05, 0.1) is 19.0 Å². The lowest BCUT2D eigenvalue weighted by molar-refractivity contribution is -0.143. The number of esters is 1. The Morgan fingerprint density at radius 3 is 2.59 bits per heavy atom. The summed E-state index contributed by atoms with van der Waals surface area (Å²) >= 11 is 6.07. The van der Waals surface area contributed by atoms with Crippen LogP contribution in [0.4, 0.5) is 0 Å². The number of aromatic nitrogens is 2. The van der Waals surface area contributed by atoms with Gasteiger partial charge in [0.1, 0.15) is 12.3 Å². The van der Waals surface area contributed by atoms with Crippen molar-refractivity contribution < 1.29 is 14.4 Å². The van der Waals surface area contributed by atoms with Crippen molar-refractivity contribution in [3.05, 3.63) is 89.5 Å². The zero-order chi connectivity index (χ0) is 22.6. The Morgan fingerprint density at radius 2 is 1.91 bits per heavy atom. The molecule has 0 fully saturated rings. The molecule has 3 aromatic rings. The van der Waals surface area contributed by atoms with Crippen LogP contribution >= 0.6 is 11.6 Å². The standard InChI is InChI=1S/C25H28ClN3O3/c1-2-31-24(30)10-6-7-17-32-28-25(21-8-4-3-5-9-21)23(29-16-15-27-19-29)18-20-11-13-22(26)14-12-20/h3-5,8-9,11-16,19,23H,2,6-7,10,17-18H2,1H3/b28-25+. The van der Waals surface area contributed by atoms with Crippen LogP contribution in [0.1, 0.15) is 43.4 Å². The molecule has 0 aliphatic rings. The van der Waals surface area contributed by atoms with E-state index < -0.39 is 0 Å². The minimum Gasteiger partial charge on any atom is -0.466 e. The lowest BCUT2D eigenvalue weighted by atomic mass is 9.96. The van der Waals surface area contributed by atoms with E-state index >= 15 is 0 Å².